The van der Waals surface area contributed by atoms with Crippen LogP contribution in [0.15, 0.2) is 55.1 Å². The van der Waals surface area contributed by atoms with E-state index < -0.39 is 0 Å². The predicted octanol–water partition coefficient (Wildman–Crippen LogP) is 4.59. The summed E-state index contributed by atoms with van der Waals surface area (Å²) in [7, 11) is 0. The van der Waals surface area contributed by atoms with Gasteiger partial charge in [-0.2, -0.15) is 0 Å². The van der Waals surface area contributed by atoms with Gasteiger partial charge in [-0.3, -0.25) is 0 Å². The van der Waals surface area contributed by atoms with Crippen molar-refractivity contribution in [3.63, 3.8) is 0 Å². The minimum Gasteiger partial charge on any atom is -0.490 e. The average Bonchev–Trinajstić information content (AvgIpc) is 2.57. The highest BCUT2D eigenvalue weighted by atomic mass is 35.5. The van der Waals surface area contributed by atoms with Gasteiger partial charge in [0, 0.05) is 24.2 Å². The fourth-order valence-electron chi connectivity index (χ4n) is 2.14. The normalized spacial score (nSPS) is 10.3. The lowest BCUT2D eigenvalue weighted by molar-refractivity contribution is 0.269. The van der Waals surface area contributed by atoms with Crippen LogP contribution in [0.4, 0.5) is 0 Å². The monoisotopic (exact) mass is 331 g/mol. The van der Waals surface area contributed by atoms with Crippen molar-refractivity contribution in [1.29, 1.82) is 0 Å². The molecular formula is C19H22ClNO2. The maximum absolute atomic E-state index is 6.36. The van der Waals surface area contributed by atoms with E-state index in [1.54, 1.807) is 0 Å². The molecular weight excluding hydrogens is 310 g/mol. The van der Waals surface area contributed by atoms with Crippen molar-refractivity contribution in [2.24, 2.45) is 0 Å². The van der Waals surface area contributed by atoms with Gasteiger partial charge in [0.15, 0.2) is 11.5 Å². The minimum atomic E-state index is 0.477. The number of rotatable bonds is 9. The maximum atomic E-state index is 6.36. The Morgan fingerprint density at radius 1 is 1.13 bits per heavy atom. The van der Waals surface area contributed by atoms with Crippen LogP contribution in [0.2, 0.25) is 5.02 Å². The molecule has 23 heavy (non-hydrogen) atoms. The summed E-state index contributed by atoms with van der Waals surface area (Å²) < 4.78 is 11.6. The molecule has 0 saturated carbocycles. The first kappa shape index (κ1) is 17.4. The molecule has 0 saturated heterocycles. The van der Waals surface area contributed by atoms with Crippen molar-refractivity contribution in [2.75, 3.05) is 13.2 Å². The van der Waals surface area contributed by atoms with Gasteiger partial charge in [-0.25, -0.2) is 0 Å². The number of halogens is 1. The molecule has 0 amide bonds. The molecule has 2 rings (SSSR count). The van der Waals surface area contributed by atoms with Crippen LogP contribution >= 0.6 is 11.6 Å². The lowest BCUT2D eigenvalue weighted by Gasteiger charge is -2.15. The van der Waals surface area contributed by atoms with Gasteiger partial charge in [-0.1, -0.05) is 48.0 Å². The second kappa shape index (κ2) is 9.23. The zero-order valence-corrected chi connectivity index (χ0v) is 14.1. The van der Waals surface area contributed by atoms with Crippen LogP contribution in [-0.4, -0.2) is 13.2 Å². The van der Waals surface area contributed by atoms with Gasteiger partial charge in [0.2, 0.25) is 0 Å². The molecule has 3 nitrogen and oxygen atoms in total. The summed E-state index contributed by atoms with van der Waals surface area (Å²) in [5.41, 5.74) is 2.08. The topological polar surface area (TPSA) is 30.5 Å². The van der Waals surface area contributed by atoms with Crippen molar-refractivity contribution >= 4 is 11.6 Å². The molecule has 0 unspecified atom stereocenters. The molecule has 0 heterocycles. The smallest absolute Gasteiger partial charge is 0.163 e. The molecule has 0 radical (unpaired) electrons. The second-order valence-corrected chi connectivity index (χ2v) is 5.42. The van der Waals surface area contributed by atoms with Gasteiger partial charge in [-0.15, -0.1) is 6.58 Å². The Hall–Kier alpha value is -1.97. The molecule has 2 aromatic carbocycles. The zero-order chi connectivity index (χ0) is 16.5. The SMILES string of the molecule is C=CCNCc1cc(OCC)c(OCc2ccccc2)cc1Cl. The fraction of sp³-hybridized carbons (Fsp3) is 0.263. The van der Waals surface area contributed by atoms with Gasteiger partial charge in [-0.05, 0) is 24.1 Å². The van der Waals surface area contributed by atoms with E-state index in [9.17, 15) is 0 Å². The first-order chi connectivity index (χ1) is 11.2. The van der Waals surface area contributed by atoms with E-state index in [1.165, 1.54) is 0 Å². The van der Waals surface area contributed by atoms with Crippen LogP contribution in [-0.2, 0) is 13.2 Å². The highest BCUT2D eigenvalue weighted by molar-refractivity contribution is 6.31. The Labute approximate surface area is 142 Å². The van der Waals surface area contributed by atoms with Crippen molar-refractivity contribution in [1.82, 2.24) is 5.32 Å². The van der Waals surface area contributed by atoms with Gasteiger partial charge >= 0.3 is 0 Å². The number of nitrogens with one attached hydrogen (secondary N) is 1. The molecule has 0 atom stereocenters. The van der Waals surface area contributed by atoms with Crippen LogP contribution in [0.25, 0.3) is 0 Å². The third-order valence-corrected chi connectivity index (χ3v) is 3.61. The summed E-state index contributed by atoms with van der Waals surface area (Å²) in [6.07, 6.45) is 1.81. The van der Waals surface area contributed by atoms with Crippen molar-refractivity contribution in [3.05, 3.63) is 71.3 Å². The quantitative estimate of drug-likeness (QED) is 0.538. The minimum absolute atomic E-state index is 0.477. The standard InChI is InChI=1S/C19H22ClNO2/c1-3-10-21-13-16-11-18(22-4-2)19(12-17(16)20)23-14-15-8-6-5-7-9-15/h3,5-9,11-12,21H,1,4,10,13-14H2,2H3. The Bertz CT molecular complexity index is 629. The maximum Gasteiger partial charge on any atom is 0.163 e. The molecule has 0 fully saturated rings. The molecule has 2 aromatic rings. The van der Waals surface area contributed by atoms with E-state index in [0.29, 0.717) is 36.3 Å². The summed E-state index contributed by atoms with van der Waals surface area (Å²) in [4.78, 5) is 0. The van der Waals surface area contributed by atoms with E-state index in [-0.39, 0.29) is 0 Å². The number of benzene rings is 2. The van der Waals surface area contributed by atoms with Crippen LogP contribution in [0.3, 0.4) is 0 Å². The van der Waals surface area contributed by atoms with Crippen molar-refractivity contribution < 1.29 is 9.47 Å². The third kappa shape index (κ3) is 5.31. The molecule has 0 aliphatic carbocycles. The molecule has 0 aliphatic heterocycles. The third-order valence-electron chi connectivity index (χ3n) is 3.25. The summed E-state index contributed by atoms with van der Waals surface area (Å²) in [6.45, 7) is 8.07. The number of ether oxygens (including phenoxy) is 2. The predicted molar refractivity (Wildman–Crippen MR) is 95.3 cm³/mol. The van der Waals surface area contributed by atoms with Crippen LogP contribution < -0.4 is 14.8 Å². The number of hydrogen-bond acceptors (Lipinski definition) is 3. The van der Waals surface area contributed by atoms with E-state index in [4.69, 9.17) is 21.1 Å². The van der Waals surface area contributed by atoms with E-state index in [0.717, 1.165) is 17.7 Å². The van der Waals surface area contributed by atoms with Crippen molar-refractivity contribution in [2.45, 2.75) is 20.1 Å². The fourth-order valence-corrected chi connectivity index (χ4v) is 2.36. The second-order valence-electron chi connectivity index (χ2n) is 5.02. The Kier molecular flexibility index (Phi) is 6.98. The molecule has 0 aliphatic rings. The van der Waals surface area contributed by atoms with E-state index >= 15 is 0 Å². The average molecular weight is 332 g/mol. The Morgan fingerprint density at radius 3 is 2.57 bits per heavy atom. The molecule has 1 N–H and O–H groups in total. The van der Waals surface area contributed by atoms with Gasteiger partial charge in [0.25, 0.3) is 0 Å². The highest BCUT2D eigenvalue weighted by Gasteiger charge is 2.11. The summed E-state index contributed by atoms with van der Waals surface area (Å²) >= 11 is 6.36. The number of hydrogen-bond donors (Lipinski definition) is 1. The first-order valence-electron chi connectivity index (χ1n) is 7.68. The van der Waals surface area contributed by atoms with E-state index in [1.807, 2.05) is 55.5 Å². The summed E-state index contributed by atoms with van der Waals surface area (Å²) in [5, 5.41) is 3.90. The first-order valence-corrected chi connectivity index (χ1v) is 8.06. The van der Waals surface area contributed by atoms with Gasteiger partial charge < -0.3 is 14.8 Å². The van der Waals surface area contributed by atoms with Gasteiger partial charge in [0.05, 0.1) is 6.61 Å². The zero-order valence-electron chi connectivity index (χ0n) is 13.3. The lowest BCUT2D eigenvalue weighted by Crippen LogP contribution is -2.13. The summed E-state index contributed by atoms with van der Waals surface area (Å²) in [6, 6.07) is 13.8. The largest absolute Gasteiger partial charge is 0.490 e. The molecule has 0 spiro atoms. The van der Waals surface area contributed by atoms with Gasteiger partial charge in [0.1, 0.15) is 6.61 Å². The van der Waals surface area contributed by atoms with E-state index in [2.05, 4.69) is 11.9 Å². The molecule has 4 heteroatoms. The molecule has 122 valence electrons. The Balaban J connectivity index is 2.13. The molecule has 0 aromatic heterocycles. The Morgan fingerprint density at radius 2 is 1.87 bits per heavy atom. The van der Waals surface area contributed by atoms with Crippen molar-refractivity contribution in [3.8, 4) is 11.5 Å². The van der Waals surface area contributed by atoms with Crippen LogP contribution in [0.1, 0.15) is 18.1 Å². The highest BCUT2D eigenvalue weighted by Crippen LogP contribution is 2.34. The summed E-state index contributed by atoms with van der Waals surface area (Å²) in [5.74, 6) is 1.37. The van der Waals surface area contributed by atoms with Crippen LogP contribution in [0.5, 0.6) is 11.5 Å². The molecule has 0 bridgehead atoms. The van der Waals surface area contributed by atoms with Crippen LogP contribution in [0, 0.1) is 0 Å². The lowest BCUT2D eigenvalue weighted by atomic mass is 10.2.